The Kier molecular flexibility index (Phi) is 4.84. The largest absolute Gasteiger partial charge is 0.348 e. The first-order chi connectivity index (χ1) is 8.73. The zero-order chi connectivity index (χ0) is 14.6. The second kappa shape index (κ2) is 5.98. The van der Waals surface area contributed by atoms with Gasteiger partial charge in [0, 0.05) is 12.6 Å². The summed E-state index contributed by atoms with van der Waals surface area (Å²) in [5, 5.41) is 2.53. The number of carbonyl (C=O) groups excluding carboxylic acids is 1. The Morgan fingerprint density at radius 2 is 2.11 bits per heavy atom. The lowest BCUT2D eigenvalue weighted by molar-refractivity contribution is 0.0941. The summed E-state index contributed by atoms with van der Waals surface area (Å²) in [5.74, 6) is -1.23. The zero-order valence-corrected chi connectivity index (χ0v) is 11.4. The third kappa shape index (κ3) is 4.84. The Hall–Kier alpha value is -1.67. The highest BCUT2D eigenvalue weighted by atomic mass is 32.2. The lowest BCUT2D eigenvalue weighted by Crippen LogP contribution is -2.38. The van der Waals surface area contributed by atoms with Crippen molar-refractivity contribution in [3.63, 3.8) is 0 Å². The van der Waals surface area contributed by atoms with Crippen LogP contribution in [0.4, 0.5) is 10.1 Å². The molecular weight excluding hydrogens is 273 g/mol. The number of halogens is 1. The minimum atomic E-state index is -3.56. The fraction of sp³-hybridized carbons (Fsp3) is 0.364. The SMILES string of the molecule is C[C@@H](CN)NC(=O)c1cc(F)ccc1NS(C)(=O)=O. The normalized spacial score (nSPS) is 12.8. The van der Waals surface area contributed by atoms with Crippen molar-refractivity contribution in [2.75, 3.05) is 17.5 Å². The highest BCUT2D eigenvalue weighted by molar-refractivity contribution is 7.92. The van der Waals surface area contributed by atoms with Crippen molar-refractivity contribution in [1.29, 1.82) is 0 Å². The van der Waals surface area contributed by atoms with Gasteiger partial charge < -0.3 is 11.1 Å². The van der Waals surface area contributed by atoms with Gasteiger partial charge in [0.1, 0.15) is 5.82 Å². The predicted molar refractivity (Wildman–Crippen MR) is 70.8 cm³/mol. The zero-order valence-electron chi connectivity index (χ0n) is 10.6. The quantitative estimate of drug-likeness (QED) is 0.724. The number of nitrogens with two attached hydrogens (primary N) is 1. The minimum absolute atomic E-state index is 0.0191. The van der Waals surface area contributed by atoms with Crippen molar-refractivity contribution < 1.29 is 17.6 Å². The van der Waals surface area contributed by atoms with Crippen LogP contribution in [0.25, 0.3) is 0 Å². The number of hydrogen-bond donors (Lipinski definition) is 3. The van der Waals surface area contributed by atoms with Crippen molar-refractivity contribution in [2.45, 2.75) is 13.0 Å². The van der Waals surface area contributed by atoms with Gasteiger partial charge in [-0.25, -0.2) is 12.8 Å². The summed E-state index contributed by atoms with van der Waals surface area (Å²) in [7, 11) is -3.56. The molecule has 1 aromatic rings. The van der Waals surface area contributed by atoms with E-state index in [2.05, 4.69) is 10.0 Å². The molecule has 19 heavy (non-hydrogen) atoms. The third-order valence-corrected chi connectivity index (χ3v) is 2.84. The maximum absolute atomic E-state index is 13.2. The summed E-state index contributed by atoms with van der Waals surface area (Å²) >= 11 is 0. The first-order valence-electron chi connectivity index (χ1n) is 5.51. The second-order valence-electron chi connectivity index (χ2n) is 4.17. The Balaban J connectivity index is 3.10. The number of anilines is 1. The Morgan fingerprint density at radius 3 is 2.63 bits per heavy atom. The molecule has 8 heteroatoms. The van der Waals surface area contributed by atoms with E-state index in [1.165, 1.54) is 6.07 Å². The number of rotatable bonds is 5. The van der Waals surface area contributed by atoms with Crippen LogP contribution in [-0.2, 0) is 10.0 Å². The highest BCUT2D eigenvalue weighted by Crippen LogP contribution is 2.18. The van der Waals surface area contributed by atoms with Crippen LogP contribution in [0.5, 0.6) is 0 Å². The number of amides is 1. The van der Waals surface area contributed by atoms with Crippen LogP contribution in [0.2, 0.25) is 0 Å². The van der Waals surface area contributed by atoms with Gasteiger partial charge in [-0.1, -0.05) is 0 Å². The summed E-state index contributed by atoms with van der Waals surface area (Å²) in [6.07, 6.45) is 0.945. The van der Waals surface area contributed by atoms with Crippen molar-refractivity contribution in [3.8, 4) is 0 Å². The van der Waals surface area contributed by atoms with Gasteiger partial charge in [0.25, 0.3) is 5.91 Å². The van der Waals surface area contributed by atoms with E-state index in [4.69, 9.17) is 5.73 Å². The Labute approximate surface area is 111 Å². The van der Waals surface area contributed by atoms with Crippen LogP contribution in [0.1, 0.15) is 17.3 Å². The molecule has 0 aliphatic rings. The van der Waals surface area contributed by atoms with E-state index in [0.29, 0.717) is 0 Å². The number of nitrogens with one attached hydrogen (secondary N) is 2. The minimum Gasteiger partial charge on any atom is -0.348 e. The lowest BCUT2D eigenvalue weighted by Gasteiger charge is -2.14. The number of benzene rings is 1. The second-order valence-corrected chi connectivity index (χ2v) is 5.92. The standard InChI is InChI=1S/C11H16FN3O3S/c1-7(6-13)14-11(16)9-5-8(12)3-4-10(9)15-19(2,17)18/h3-5,7,15H,6,13H2,1-2H3,(H,14,16)/t7-/m0/s1. The molecule has 1 rings (SSSR count). The van der Waals surface area contributed by atoms with E-state index in [9.17, 15) is 17.6 Å². The molecule has 4 N–H and O–H groups in total. The van der Waals surface area contributed by atoms with Crippen LogP contribution < -0.4 is 15.8 Å². The molecule has 0 radical (unpaired) electrons. The predicted octanol–water partition coefficient (Wildman–Crippen LogP) is 0.274. The molecule has 0 bridgehead atoms. The third-order valence-electron chi connectivity index (χ3n) is 2.25. The summed E-state index contributed by atoms with van der Waals surface area (Å²) in [6, 6.07) is 2.92. The van der Waals surface area contributed by atoms with Crippen LogP contribution in [0, 0.1) is 5.82 Å². The average molecular weight is 289 g/mol. The van der Waals surface area contributed by atoms with Crippen molar-refractivity contribution in [1.82, 2.24) is 5.32 Å². The van der Waals surface area contributed by atoms with E-state index in [0.717, 1.165) is 18.4 Å². The number of hydrogen-bond acceptors (Lipinski definition) is 4. The van der Waals surface area contributed by atoms with Crippen LogP contribution in [0.15, 0.2) is 18.2 Å². The summed E-state index contributed by atoms with van der Waals surface area (Å²) in [5.41, 5.74) is 5.29. The van der Waals surface area contributed by atoms with Crippen molar-refractivity contribution in [2.24, 2.45) is 5.73 Å². The van der Waals surface area contributed by atoms with Gasteiger partial charge in [0.15, 0.2) is 0 Å². The van der Waals surface area contributed by atoms with Gasteiger partial charge in [-0.15, -0.1) is 0 Å². The molecule has 6 nitrogen and oxygen atoms in total. The maximum atomic E-state index is 13.2. The van der Waals surface area contributed by atoms with Crippen LogP contribution in [-0.4, -0.2) is 33.2 Å². The summed E-state index contributed by atoms with van der Waals surface area (Å²) in [6.45, 7) is 1.90. The smallest absolute Gasteiger partial charge is 0.253 e. The molecule has 1 aromatic carbocycles. The van der Waals surface area contributed by atoms with Crippen LogP contribution in [0.3, 0.4) is 0 Å². The molecule has 1 atom stereocenters. The van der Waals surface area contributed by atoms with E-state index in [-0.39, 0.29) is 23.8 Å². The van der Waals surface area contributed by atoms with Crippen molar-refractivity contribution >= 4 is 21.6 Å². The molecule has 0 aromatic heterocycles. The maximum Gasteiger partial charge on any atom is 0.253 e. The fourth-order valence-electron chi connectivity index (χ4n) is 1.35. The first kappa shape index (κ1) is 15.4. The molecule has 0 aliphatic carbocycles. The molecular formula is C11H16FN3O3S. The van der Waals surface area contributed by atoms with Gasteiger partial charge in [-0.2, -0.15) is 0 Å². The van der Waals surface area contributed by atoms with Gasteiger partial charge in [-0.05, 0) is 25.1 Å². The molecule has 0 heterocycles. The van der Waals surface area contributed by atoms with E-state index in [1.807, 2.05) is 0 Å². The van der Waals surface area contributed by atoms with Gasteiger partial charge >= 0.3 is 0 Å². The van der Waals surface area contributed by atoms with E-state index < -0.39 is 21.7 Å². The molecule has 0 spiro atoms. The number of carbonyl (C=O) groups is 1. The molecule has 0 fully saturated rings. The monoisotopic (exact) mass is 289 g/mol. The van der Waals surface area contributed by atoms with Crippen LogP contribution >= 0.6 is 0 Å². The topological polar surface area (TPSA) is 101 Å². The van der Waals surface area contributed by atoms with E-state index in [1.54, 1.807) is 6.92 Å². The molecule has 106 valence electrons. The summed E-state index contributed by atoms with van der Waals surface area (Å²) in [4.78, 5) is 11.9. The lowest BCUT2D eigenvalue weighted by atomic mass is 10.1. The Morgan fingerprint density at radius 1 is 1.47 bits per heavy atom. The van der Waals surface area contributed by atoms with Gasteiger partial charge in [-0.3, -0.25) is 9.52 Å². The molecule has 0 aliphatic heterocycles. The molecule has 1 amide bonds. The van der Waals surface area contributed by atoms with Gasteiger partial charge in [0.2, 0.25) is 10.0 Å². The first-order valence-corrected chi connectivity index (χ1v) is 7.40. The average Bonchev–Trinajstić information content (AvgIpc) is 2.29. The fourth-order valence-corrected chi connectivity index (χ4v) is 1.93. The highest BCUT2D eigenvalue weighted by Gasteiger charge is 2.16. The summed E-state index contributed by atoms with van der Waals surface area (Å²) < 4.78 is 37.7. The molecule has 0 saturated carbocycles. The van der Waals surface area contributed by atoms with Crippen molar-refractivity contribution in [3.05, 3.63) is 29.6 Å². The van der Waals surface area contributed by atoms with Gasteiger partial charge in [0.05, 0.1) is 17.5 Å². The molecule has 0 unspecified atom stereocenters. The van der Waals surface area contributed by atoms with E-state index >= 15 is 0 Å². The Bertz CT molecular complexity index is 575. The molecule has 0 saturated heterocycles. The number of sulfonamides is 1.